The normalized spacial score (nSPS) is 12.9. The molecule has 0 saturated heterocycles. The number of nitrogens with two attached hydrogens (primary N) is 1. The molecular weight excluding hydrogens is 286 g/mol. The Labute approximate surface area is 128 Å². The lowest BCUT2D eigenvalue weighted by Gasteiger charge is -2.19. The standard InChI is InChI=1S/C15H29N3O2S/c1-6-13-12(8-9-16)14(7-2)18(17-13)10-11-21(19,20)15(3,4)5/h6-11,16H2,1-5H3. The van der Waals surface area contributed by atoms with E-state index in [9.17, 15) is 8.42 Å². The van der Waals surface area contributed by atoms with Gasteiger partial charge >= 0.3 is 0 Å². The van der Waals surface area contributed by atoms with Gasteiger partial charge in [-0.25, -0.2) is 8.42 Å². The van der Waals surface area contributed by atoms with E-state index in [4.69, 9.17) is 5.73 Å². The third-order valence-electron chi connectivity index (χ3n) is 3.82. The SMILES string of the molecule is CCc1nn(CCS(=O)(=O)C(C)(C)C)c(CC)c1CCN. The molecule has 0 aliphatic heterocycles. The van der Waals surface area contributed by atoms with Gasteiger partial charge < -0.3 is 5.73 Å². The second kappa shape index (κ2) is 6.92. The molecule has 122 valence electrons. The Morgan fingerprint density at radius 1 is 1.19 bits per heavy atom. The minimum atomic E-state index is -3.13. The first-order valence-corrected chi connectivity index (χ1v) is 9.32. The highest BCUT2D eigenvalue weighted by Gasteiger charge is 2.29. The number of sulfone groups is 1. The van der Waals surface area contributed by atoms with Gasteiger partial charge in [-0.05, 0) is 52.1 Å². The monoisotopic (exact) mass is 315 g/mol. The van der Waals surface area contributed by atoms with Crippen LogP contribution in [0, 0.1) is 0 Å². The van der Waals surface area contributed by atoms with E-state index in [1.165, 1.54) is 5.56 Å². The molecule has 0 fully saturated rings. The smallest absolute Gasteiger partial charge is 0.157 e. The fraction of sp³-hybridized carbons (Fsp3) is 0.800. The van der Waals surface area contributed by atoms with Gasteiger partial charge in [0.25, 0.3) is 0 Å². The summed E-state index contributed by atoms with van der Waals surface area (Å²) in [6.45, 7) is 10.4. The Kier molecular flexibility index (Phi) is 5.99. The number of hydrogen-bond donors (Lipinski definition) is 1. The average molecular weight is 315 g/mol. The van der Waals surface area contributed by atoms with Gasteiger partial charge in [0.2, 0.25) is 0 Å². The minimum Gasteiger partial charge on any atom is -0.330 e. The first kappa shape index (κ1) is 18.2. The molecule has 0 spiro atoms. The third kappa shape index (κ3) is 4.07. The minimum absolute atomic E-state index is 0.121. The highest BCUT2D eigenvalue weighted by molar-refractivity contribution is 7.92. The molecule has 1 aromatic rings. The Hall–Kier alpha value is -0.880. The van der Waals surface area contributed by atoms with Crippen LogP contribution in [-0.4, -0.2) is 35.2 Å². The topological polar surface area (TPSA) is 78.0 Å². The maximum Gasteiger partial charge on any atom is 0.157 e. The third-order valence-corrected chi connectivity index (χ3v) is 6.40. The average Bonchev–Trinajstić information content (AvgIpc) is 2.73. The molecule has 0 amide bonds. The van der Waals surface area contributed by atoms with E-state index in [1.807, 2.05) is 4.68 Å². The van der Waals surface area contributed by atoms with Gasteiger partial charge in [-0.1, -0.05) is 13.8 Å². The first-order valence-electron chi connectivity index (χ1n) is 7.67. The molecule has 1 rings (SSSR count). The quantitative estimate of drug-likeness (QED) is 0.831. The zero-order valence-electron chi connectivity index (χ0n) is 13.9. The molecule has 0 unspecified atom stereocenters. The van der Waals surface area contributed by atoms with E-state index in [-0.39, 0.29) is 5.75 Å². The Balaban J connectivity index is 3.04. The van der Waals surface area contributed by atoms with Crippen molar-refractivity contribution in [3.63, 3.8) is 0 Å². The molecule has 5 nitrogen and oxygen atoms in total. The fourth-order valence-electron chi connectivity index (χ4n) is 2.40. The molecule has 2 N–H and O–H groups in total. The molecule has 21 heavy (non-hydrogen) atoms. The summed E-state index contributed by atoms with van der Waals surface area (Å²) in [6.07, 6.45) is 2.50. The number of hydrogen-bond acceptors (Lipinski definition) is 4. The molecule has 0 bridgehead atoms. The van der Waals surface area contributed by atoms with Crippen molar-refractivity contribution in [2.75, 3.05) is 12.3 Å². The number of aryl methyl sites for hydroxylation is 2. The second-order valence-corrected chi connectivity index (χ2v) is 9.13. The molecule has 0 atom stereocenters. The van der Waals surface area contributed by atoms with Crippen LogP contribution in [0.5, 0.6) is 0 Å². The highest BCUT2D eigenvalue weighted by Crippen LogP contribution is 2.19. The van der Waals surface area contributed by atoms with E-state index in [2.05, 4.69) is 18.9 Å². The lowest BCUT2D eigenvalue weighted by molar-refractivity contribution is 0.543. The van der Waals surface area contributed by atoms with Crippen LogP contribution in [-0.2, 0) is 35.6 Å². The maximum atomic E-state index is 12.3. The summed E-state index contributed by atoms with van der Waals surface area (Å²) in [7, 11) is -3.13. The van der Waals surface area contributed by atoms with Crippen LogP contribution >= 0.6 is 0 Å². The molecule has 0 aliphatic carbocycles. The summed E-state index contributed by atoms with van der Waals surface area (Å²) in [5.41, 5.74) is 9.06. The number of rotatable bonds is 7. The predicted molar refractivity (Wildman–Crippen MR) is 87.3 cm³/mol. The summed E-state index contributed by atoms with van der Waals surface area (Å²) >= 11 is 0. The van der Waals surface area contributed by atoms with E-state index in [1.54, 1.807) is 20.8 Å². The van der Waals surface area contributed by atoms with Crippen LogP contribution in [0.25, 0.3) is 0 Å². The zero-order chi connectivity index (χ0) is 16.3. The van der Waals surface area contributed by atoms with Crippen molar-refractivity contribution in [3.05, 3.63) is 17.0 Å². The fourth-order valence-corrected chi connectivity index (χ4v) is 3.43. The molecule has 1 heterocycles. The van der Waals surface area contributed by atoms with Gasteiger partial charge in [-0.2, -0.15) is 5.10 Å². The predicted octanol–water partition coefficient (Wildman–Crippen LogP) is 1.72. The van der Waals surface area contributed by atoms with Gasteiger partial charge in [0.1, 0.15) is 0 Å². The lowest BCUT2D eigenvalue weighted by Crippen LogP contribution is -2.32. The van der Waals surface area contributed by atoms with Crippen molar-refractivity contribution in [1.29, 1.82) is 0 Å². The Morgan fingerprint density at radius 3 is 2.24 bits per heavy atom. The van der Waals surface area contributed by atoms with Crippen molar-refractivity contribution < 1.29 is 8.42 Å². The van der Waals surface area contributed by atoms with Crippen molar-refractivity contribution in [2.45, 2.75) is 65.2 Å². The van der Waals surface area contributed by atoms with E-state index in [0.29, 0.717) is 13.1 Å². The van der Waals surface area contributed by atoms with Crippen molar-refractivity contribution in [1.82, 2.24) is 9.78 Å². The molecule has 0 saturated carbocycles. The van der Waals surface area contributed by atoms with Crippen molar-refractivity contribution in [3.8, 4) is 0 Å². The lowest BCUT2D eigenvalue weighted by atomic mass is 10.1. The van der Waals surface area contributed by atoms with Gasteiger partial charge in [-0.15, -0.1) is 0 Å². The highest BCUT2D eigenvalue weighted by atomic mass is 32.2. The van der Waals surface area contributed by atoms with E-state index >= 15 is 0 Å². The summed E-state index contributed by atoms with van der Waals surface area (Å²) in [4.78, 5) is 0. The summed E-state index contributed by atoms with van der Waals surface area (Å²) in [6, 6.07) is 0. The molecule has 0 radical (unpaired) electrons. The van der Waals surface area contributed by atoms with Gasteiger partial charge in [0.05, 0.1) is 22.7 Å². The van der Waals surface area contributed by atoms with Crippen LogP contribution in [0.3, 0.4) is 0 Å². The zero-order valence-corrected chi connectivity index (χ0v) is 14.8. The molecule has 1 aromatic heterocycles. The van der Waals surface area contributed by atoms with Crippen LogP contribution < -0.4 is 5.73 Å². The molecule has 6 heteroatoms. The second-order valence-electron chi connectivity index (χ2n) is 6.27. The van der Waals surface area contributed by atoms with Crippen LogP contribution in [0.15, 0.2) is 0 Å². The molecule has 0 aliphatic rings. The molecule has 0 aromatic carbocycles. The number of nitrogens with zero attached hydrogens (tertiary/aromatic N) is 2. The van der Waals surface area contributed by atoms with Crippen LogP contribution in [0.4, 0.5) is 0 Å². The summed E-state index contributed by atoms with van der Waals surface area (Å²) < 4.78 is 25.6. The number of aromatic nitrogens is 2. The van der Waals surface area contributed by atoms with Crippen LogP contribution in [0.1, 0.15) is 51.6 Å². The van der Waals surface area contributed by atoms with Gasteiger partial charge in [0.15, 0.2) is 9.84 Å². The largest absolute Gasteiger partial charge is 0.330 e. The van der Waals surface area contributed by atoms with Crippen LogP contribution in [0.2, 0.25) is 0 Å². The van der Waals surface area contributed by atoms with Gasteiger partial charge in [0, 0.05) is 5.69 Å². The molecular formula is C15H29N3O2S. The van der Waals surface area contributed by atoms with Gasteiger partial charge in [-0.3, -0.25) is 4.68 Å². The summed E-state index contributed by atoms with van der Waals surface area (Å²) in [5.74, 6) is 0.121. The Bertz CT molecular complexity index is 568. The summed E-state index contributed by atoms with van der Waals surface area (Å²) in [5, 5.41) is 4.60. The first-order chi connectivity index (χ1) is 9.67. The Morgan fingerprint density at radius 2 is 1.81 bits per heavy atom. The van der Waals surface area contributed by atoms with E-state index < -0.39 is 14.6 Å². The van der Waals surface area contributed by atoms with Crippen molar-refractivity contribution >= 4 is 9.84 Å². The maximum absolute atomic E-state index is 12.3. The van der Waals surface area contributed by atoms with E-state index in [0.717, 1.165) is 30.7 Å². The van der Waals surface area contributed by atoms with Crippen molar-refractivity contribution in [2.24, 2.45) is 5.73 Å².